The molecule has 0 aliphatic rings. The first-order valence-corrected chi connectivity index (χ1v) is 5.69. The molecule has 0 spiro atoms. The molecule has 0 aliphatic heterocycles. The summed E-state index contributed by atoms with van der Waals surface area (Å²) in [6.45, 7) is 0. The van der Waals surface area contributed by atoms with Crippen LogP contribution in [0.5, 0.6) is 0 Å². The van der Waals surface area contributed by atoms with Crippen molar-refractivity contribution in [1.82, 2.24) is 13.7 Å². The lowest BCUT2D eigenvalue weighted by atomic mass is 10.1. The van der Waals surface area contributed by atoms with Gasteiger partial charge in [-0.2, -0.15) is 14.0 Å². The van der Waals surface area contributed by atoms with E-state index in [-0.39, 0.29) is 0 Å². The number of aromatic nitrogens is 3. The highest BCUT2D eigenvalue weighted by Crippen LogP contribution is 2.25. The molecule has 4 nitrogen and oxygen atoms in total. The lowest BCUT2D eigenvalue weighted by Crippen LogP contribution is -1.86. The van der Waals surface area contributed by atoms with E-state index in [9.17, 15) is 0 Å². The normalized spacial score (nSPS) is 10.3. The summed E-state index contributed by atoms with van der Waals surface area (Å²) >= 11 is 1.19. The van der Waals surface area contributed by atoms with E-state index in [0.717, 1.165) is 22.3 Å². The van der Waals surface area contributed by atoms with Gasteiger partial charge >= 0.3 is 0 Å². The molecule has 0 aliphatic carbocycles. The smallest absolute Gasteiger partial charge is 0.114 e. The summed E-state index contributed by atoms with van der Waals surface area (Å²) in [6, 6.07) is 11.4. The first-order chi connectivity index (χ1) is 8.38. The quantitative estimate of drug-likeness (QED) is 0.653. The summed E-state index contributed by atoms with van der Waals surface area (Å²) < 4.78 is 8.45. The average molecular weight is 238 g/mol. The Kier molecular flexibility index (Phi) is 2.28. The molecular weight excluding hydrogens is 232 g/mol. The summed E-state index contributed by atoms with van der Waals surface area (Å²) in [5.41, 5.74) is 4.04. The summed E-state index contributed by atoms with van der Waals surface area (Å²) in [7, 11) is 0. The molecular formula is C12H6N4S. The zero-order valence-corrected chi connectivity index (χ0v) is 9.48. The Bertz CT molecular complexity index is 709. The molecule has 2 heterocycles. The first kappa shape index (κ1) is 9.87. The molecule has 0 amide bonds. The lowest BCUT2D eigenvalue weighted by Gasteiger charge is -2.00. The molecule has 0 atom stereocenters. The number of fused-ring (bicyclic) bond motifs is 1. The molecule has 80 valence electrons. The summed E-state index contributed by atoms with van der Waals surface area (Å²) in [5, 5.41) is 8.73. The summed E-state index contributed by atoms with van der Waals surface area (Å²) in [6.07, 6.45) is 1.56. The molecule has 0 fully saturated rings. The summed E-state index contributed by atoms with van der Waals surface area (Å²) in [5.74, 6) is 0. The third-order valence-corrected chi connectivity index (χ3v) is 3.00. The maximum absolute atomic E-state index is 8.73. The van der Waals surface area contributed by atoms with Crippen molar-refractivity contribution >= 4 is 22.8 Å². The maximum atomic E-state index is 8.73. The maximum Gasteiger partial charge on any atom is 0.114 e. The minimum Gasteiger partial charge on any atom is -0.255 e. The van der Waals surface area contributed by atoms with Crippen LogP contribution in [0.1, 0.15) is 5.56 Å². The van der Waals surface area contributed by atoms with Gasteiger partial charge < -0.3 is 0 Å². The standard InChI is InChI=1S/C12H6N4S/c13-6-8-4-5-10(14-7-8)9-2-1-3-11-12(9)16-17-15-11/h1-5,7H. The predicted molar refractivity (Wildman–Crippen MR) is 65.4 cm³/mol. The van der Waals surface area contributed by atoms with Crippen molar-refractivity contribution in [2.24, 2.45) is 0 Å². The van der Waals surface area contributed by atoms with Crippen LogP contribution in [0.3, 0.4) is 0 Å². The van der Waals surface area contributed by atoms with Crippen molar-refractivity contribution in [2.45, 2.75) is 0 Å². The van der Waals surface area contributed by atoms with Gasteiger partial charge in [0.25, 0.3) is 0 Å². The van der Waals surface area contributed by atoms with Crippen LogP contribution in [0.15, 0.2) is 36.5 Å². The van der Waals surface area contributed by atoms with Gasteiger partial charge in [0, 0.05) is 11.8 Å². The van der Waals surface area contributed by atoms with Crippen LogP contribution in [0.25, 0.3) is 22.3 Å². The largest absolute Gasteiger partial charge is 0.255 e. The molecule has 5 heteroatoms. The van der Waals surface area contributed by atoms with E-state index in [2.05, 4.69) is 13.7 Å². The second kappa shape index (κ2) is 3.92. The number of nitrogens with zero attached hydrogens (tertiary/aromatic N) is 4. The average Bonchev–Trinajstić information content (AvgIpc) is 2.87. The number of hydrogen-bond donors (Lipinski definition) is 0. The molecule has 2 aromatic heterocycles. The molecule has 17 heavy (non-hydrogen) atoms. The van der Waals surface area contributed by atoms with Crippen molar-refractivity contribution in [2.75, 3.05) is 0 Å². The first-order valence-electron chi connectivity index (χ1n) is 4.96. The number of nitriles is 1. The number of pyridine rings is 1. The molecule has 0 saturated carbocycles. The Labute approximate surface area is 102 Å². The van der Waals surface area contributed by atoms with Gasteiger partial charge in [0.1, 0.15) is 17.1 Å². The van der Waals surface area contributed by atoms with E-state index in [1.165, 1.54) is 11.7 Å². The van der Waals surface area contributed by atoms with Gasteiger partial charge in [-0.25, -0.2) is 0 Å². The van der Waals surface area contributed by atoms with Crippen molar-refractivity contribution in [3.63, 3.8) is 0 Å². The Morgan fingerprint density at radius 3 is 2.82 bits per heavy atom. The monoisotopic (exact) mass is 238 g/mol. The van der Waals surface area contributed by atoms with Gasteiger partial charge in [0.2, 0.25) is 0 Å². The Balaban J connectivity index is 2.20. The fourth-order valence-electron chi connectivity index (χ4n) is 1.63. The van der Waals surface area contributed by atoms with Gasteiger partial charge in [-0.15, -0.1) is 0 Å². The van der Waals surface area contributed by atoms with E-state index in [1.54, 1.807) is 12.3 Å². The van der Waals surface area contributed by atoms with Crippen molar-refractivity contribution < 1.29 is 0 Å². The van der Waals surface area contributed by atoms with Crippen molar-refractivity contribution in [3.8, 4) is 17.3 Å². The van der Waals surface area contributed by atoms with Crippen LogP contribution in [-0.4, -0.2) is 13.7 Å². The van der Waals surface area contributed by atoms with E-state index in [1.807, 2.05) is 30.3 Å². The number of hydrogen-bond acceptors (Lipinski definition) is 5. The minimum atomic E-state index is 0.553. The topological polar surface area (TPSA) is 62.5 Å². The minimum absolute atomic E-state index is 0.553. The van der Waals surface area contributed by atoms with E-state index in [4.69, 9.17) is 5.26 Å². The van der Waals surface area contributed by atoms with Crippen LogP contribution in [0.2, 0.25) is 0 Å². The van der Waals surface area contributed by atoms with Gasteiger partial charge in [-0.1, -0.05) is 12.1 Å². The van der Waals surface area contributed by atoms with Crippen LogP contribution >= 0.6 is 11.7 Å². The van der Waals surface area contributed by atoms with Gasteiger partial charge in [-0.3, -0.25) is 4.98 Å². The number of rotatable bonds is 1. The molecule has 3 aromatic rings. The van der Waals surface area contributed by atoms with Crippen molar-refractivity contribution in [3.05, 3.63) is 42.1 Å². The van der Waals surface area contributed by atoms with Crippen LogP contribution < -0.4 is 0 Å². The number of benzene rings is 1. The lowest BCUT2D eigenvalue weighted by molar-refractivity contribution is 1.30. The predicted octanol–water partition coefficient (Wildman–Crippen LogP) is 2.62. The van der Waals surface area contributed by atoms with Crippen LogP contribution in [0.4, 0.5) is 0 Å². The molecule has 0 N–H and O–H groups in total. The van der Waals surface area contributed by atoms with Crippen LogP contribution in [0, 0.1) is 11.3 Å². The highest BCUT2D eigenvalue weighted by Gasteiger charge is 2.07. The molecule has 0 unspecified atom stereocenters. The van der Waals surface area contributed by atoms with Gasteiger partial charge in [0.05, 0.1) is 23.0 Å². The fraction of sp³-hybridized carbons (Fsp3) is 0. The van der Waals surface area contributed by atoms with E-state index in [0.29, 0.717) is 5.56 Å². The second-order valence-electron chi connectivity index (χ2n) is 3.48. The molecule has 0 saturated heterocycles. The summed E-state index contributed by atoms with van der Waals surface area (Å²) in [4.78, 5) is 4.26. The highest BCUT2D eigenvalue weighted by atomic mass is 32.1. The Hall–Kier alpha value is -2.32. The van der Waals surface area contributed by atoms with Gasteiger partial charge in [-0.05, 0) is 18.2 Å². The second-order valence-corrected chi connectivity index (χ2v) is 4.01. The molecule has 0 bridgehead atoms. The van der Waals surface area contributed by atoms with E-state index >= 15 is 0 Å². The van der Waals surface area contributed by atoms with Gasteiger partial charge in [0.15, 0.2) is 0 Å². The molecule has 1 aromatic carbocycles. The third kappa shape index (κ3) is 1.65. The Morgan fingerprint density at radius 1 is 1.12 bits per heavy atom. The van der Waals surface area contributed by atoms with E-state index < -0.39 is 0 Å². The molecule has 0 radical (unpaired) electrons. The van der Waals surface area contributed by atoms with Crippen LogP contribution in [-0.2, 0) is 0 Å². The highest BCUT2D eigenvalue weighted by molar-refractivity contribution is 7.00. The zero-order chi connectivity index (χ0) is 11.7. The fourth-order valence-corrected chi connectivity index (χ4v) is 2.18. The SMILES string of the molecule is N#Cc1ccc(-c2cccc3nsnc23)nc1. The Morgan fingerprint density at radius 2 is 2.06 bits per heavy atom. The molecule has 3 rings (SSSR count). The van der Waals surface area contributed by atoms with Crippen molar-refractivity contribution in [1.29, 1.82) is 5.26 Å². The zero-order valence-electron chi connectivity index (χ0n) is 8.66. The third-order valence-electron chi connectivity index (χ3n) is 2.45.